The van der Waals surface area contributed by atoms with Gasteiger partial charge in [-0.05, 0) is 51.2 Å². The third-order valence-electron chi connectivity index (χ3n) is 6.33. The molecule has 4 rings (SSSR count). The monoisotopic (exact) mass is 529 g/mol. The molecule has 198 valence electrons. The van der Waals surface area contributed by atoms with E-state index in [0.717, 1.165) is 25.7 Å². The highest BCUT2D eigenvalue weighted by Crippen LogP contribution is 2.39. The van der Waals surface area contributed by atoms with Gasteiger partial charge in [0, 0.05) is 12.3 Å². The number of hydrogen-bond acceptors (Lipinski definition) is 8. The Bertz CT molecular complexity index is 1190. The van der Waals surface area contributed by atoms with E-state index in [1.807, 2.05) is 18.2 Å². The summed E-state index contributed by atoms with van der Waals surface area (Å²) in [5.41, 5.74) is -1.09. The molecule has 0 radical (unpaired) electrons. The Labute approximate surface area is 216 Å². The number of hydrogen-bond donors (Lipinski definition) is 2. The quantitative estimate of drug-likeness (QED) is 0.273. The number of esters is 1. The van der Waals surface area contributed by atoms with Gasteiger partial charge in [0.05, 0.1) is 18.6 Å². The van der Waals surface area contributed by atoms with E-state index in [2.05, 4.69) is 16.0 Å². The summed E-state index contributed by atoms with van der Waals surface area (Å²) in [6.45, 7) is 1.83. The zero-order valence-electron chi connectivity index (χ0n) is 20.7. The van der Waals surface area contributed by atoms with Gasteiger partial charge in [0.25, 0.3) is 5.56 Å². The summed E-state index contributed by atoms with van der Waals surface area (Å²) in [6, 6.07) is 9.74. The fourth-order valence-electron chi connectivity index (χ4n) is 4.37. The molecule has 2 aromatic rings. The molecule has 1 aliphatic heterocycles. The van der Waals surface area contributed by atoms with Crippen LogP contribution in [0.25, 0.3) is 0 Å². The number of H-pyrrole nitrogens is 1. The van der Waals surface area contributed by atoms with Crippen LogP contribution in [0.15, 0.2) is 52.2 Å². The highest BCUT2D eigenvalue weighted by atomic mass is 31.2. The summed E-state index contributed by atoms with van der Waals surface area (Å²) in [7, 11) is -1.74. The largest absolute Gasteiger partial charge is 0.461 e. The molecule has 10 nitrogen and oxygen atoms in total. The summed E-state index contributed by atoms with van der Waals surface area (Å²) in [4.78, 5) is 38.6. The van der Waals surface area contributed by atoms with E-state index in [9.17, 15) is 14.4 Å². The molecule has 2 fully saturated rings. The highest BCUT2D eigenvalue weighted by molar-refractivity contribution is 7.45. The minimum absolute atomic E-state index is 0.0477. The van der Waals surface area contributed by atoms with Gasteiger partial charge >= 0.3 is 20.2 Å². The number of aromatic amines is 1. The minimum atomic E-state index is -1.74. The van der Waals surface area contributed by atoms with Crippen LogP contribution >= 0.6 is 8.53 Å². The standard InChI is InChI=1S/C26H32N3O7P/c1-3-19-16-22(34-24(19)29-15-14-23(30)27-26(29)32)17-33-37(36-21-12-8-5-9-13-21)28-18(2)25(31)35-20-10-6-4-7-11-20/h1,5,8-9,12-15,18-20,22,24,28H,4,6-7,10-11,16-17H2,2H3,(H,27,30,32). The average Bonchev–Trinajstić information content (AvgIpc) is 3.31. The van der Waals surface area contributed by atoms with Crippen molar-refractivity contribution in [3.05, 3.63) is 63.4 Å². The maximum absolute atomic E-state index is 12.7. The fourth-order valence-corrected chi connectivity index (χ4v) is 5.59. The number of terminal acetylenes is 1. The van der Waals surface area contributed by atoms with Crippen molar-refractivity contribution in [2.75, 3.05) is 6.61 Å². The SMILES string of the molecule is C#CC1CC(COP(NC(C)C(=O)OC2CCCCC2)Oc2ccccc2)OC1n1ccc(=O)[nH]c1=O. The number of para-hydroxylation sites is 1. The topological polar surface area (TPSA) is 121 Å². The highest BCUT2D eigenvalue weighted by Gasteiger charge is 2.37. The molecule has 1 saturated heterocycles. The van der Waals surface area contributed by atoms with Crippen LogP contribution in [-0.2, 0) is 18.8 Å². The molecule has 0 spiro atoms. The first-order valence-electron chi connectivity index (χ1n) is 12.5. The summed E-state index contributed by atoms with van der Waals surface area (Å²) in [5.74, 6) is 2.51. The summed E-state index contributed by atoms with van der Waals surface area (Å²) in [5, 5.41) is 3.12. The zero-order chi connectivity index (χ0) is 26.2. The van der Waals surface area contributed by atoms with Crippen LogP contribution in [0.2, 0.25) is 0 Å². The first kappa shape index (κ1) is 27.1. The van der Waals surface area contributed by atoms with Crippen LogP contribution in [-0.4, -0.2) is 40.4 Å². The van der Waals surface area contributed by atoms with E-state index in [1.54, 1.807) is 19.1 Å². The van der Waals surface area contributed by atoms with Gasteiger partial charge in [-0.15, -0.1) is 6.42 Å². The van der Waals surface area contributed by atoms with Crippen molar-refractivity contribution in [1.29, 1.82) is 0 Å². The number of nitrogens with zero attached hydrogens (tertiary/aromatic N) is 1. The molecular weight excluding hydrogens is 497 g/mol. The number of carbonyl (C=O) groups excluding carboxylic acids is 1. The number of carbonyl (C=O) groups is 1. The lowest BCUT2D eigenvalue weighted by Crippen LogP contribution is -2.36. The van der Waals surface area contributed by atoms with Crippen molar-refractivity contribution in [1.82, 2.24) is 14.6 Å². The first-order valence-corrected chi connectivity index (χ1v) is 13.7. The second-order valence-corrected chi connectivity index (χ2v) is 10.4. The van der Waals surface area contributed by atoms with Crippen molar-refractivity contribution in [2.24, 2.45) is 5.92 Å². The lowest BCUT2D eigenvalue weighted by molar-refractivity contribution is -0.152. The van der Waals surface area contributed by atoms with Crippen molar-refractivity contribution in [3.63, 3.8) is 0 Å². The molecule has 1 aliphatic carbocycles. The molecule has 2 heterocycles. The molecule has 2 aliphatic rings. The Balaban J connectivity index is 1.39. The number of aromatic nitrogens is 2. The van der Waals surface area contributed by atoms with Gasteiger partial charge in [0.1, 0.15) is 17.9 Å². The van der Waals surface area contributed by atoms with Gasteiger partial charge in [0.2, 0.25) is 0 Å². The third kappa shape index (κ3) is 7.53. The number of rotatable bonds is 10. The molecule has 0 amide bonds. The normalized spacial score (nSPS) is 23.6. The van der Waals surface area contributed by atoms with Crippen LogP contribution in [0.5, 0.6) is 5.75 Å². The predicted octanol–water partition coefficient (Wildman–Crippen LogP) is 3.25. The van der Waals surface area contributed by atoms with Crippen molar-refractivity contribution in [3.8, 4) is 18.1 Å². The molecule has 1 saturated carbocycles. The fraction of sp³-hybridized carbons (Fsp3) is 0.500. The molecule has 37 heavy (non-hydrogen) atoms. The first-order chi connectivity index (χ1) is 17.9. The maximum Gasteiger partial charge on any atom is 0.330 e. The minimum Gasteiger partial charge on any atom is -0.461 e. The van der Waals surface area contributed by atoms with Crippen molar-refractivity contribution >= 4 is 14.5 Å². The van der Waals surface area contributed by atoms with Gasteiger partial charge < -0.3 is 18.5 Å². The Morgan fingerprint density at radius 3 is 2.70 bits per heavy atom. The molecule has 5 atom stereocenters. The van der Waals surface area contributed by atoms with Crippen molar-refractivity contribution < 1.29 is 23.3 Å². The van der Waals surface area contributed by atoms with Gasteiger partial charge in [0.15, 0.2) is 6.23 Å². The van der Waals surface area contributed by atoms with Crippen LogP contribution in [0.1, 0.15) is 51.7 Å². The van der Waals surface area contributed by atoms with Gasteiger partial charge in [-0.25, -0.2) is 9.88 Å². The van der Waals surface area contributed by atoms with Crippen LogP contribution in [0, 0.1) is 18.3 Å². The van der Waals surface area contributed by atoms with Crippen LogP contribution < -0.4 is 20.9 Å². The Morgan fingerprint density at radius 2 is 2.00 bits per heavy atom. The summed E-state index contributed by atoms with van der Waals surface area (Å²) in [6.07, 6.45) is 11.4. The second kappa shape index (κ2) is 13.0. The second-order valence-electron chi connectivity index (χ2n) is 9.18. The molecular formula is C26H32N3O7P. The molecule has 11 heteroatoms. The van der Waals surface area contributed by atoms with E-state index < -0.39 is 44.1 Å². The van der Waals surface area contributed by atoms with E-state index in [-0.39, 0.29) is 18.7 Å². The van der Waals surface area contributed by atoms with Gasteiger partial charge in [-0.2, -0.15) is 0 Å². The van der Waals surface area contributed by atoms with E-state index >= 15 is 0 Å². The predicted molar refractivity (Wildman–Crippen MR) is 138 cm³/mol. The number of nitrogens with one attached hydrogen (secondary N) is 2. The smallest absolute Gasteiger partial charge is 0.330 e. The molecule has 5 unspecified atom stereocenters. The molecule has 0 bridgehead atoms. The van der Waals surface area contributed by atoms with Gasteiger partial charge in [-0.1, -0.05) is 30.5 Å². The molecule has 1 aromatic carbocycles. The number of benzene rings is 1. The summed E-state index contributed by atoms with van der Waals surface area (Å²) >= 11 is 0. The zero-order valence-corrected chi connectivity index (χ0v) is 21.6. The van der Waals surface area contributed by atoms with Crippen LogP contribution in [0.4, 0.5) is 0 Å². The third-order valence-corrected chi connectivity index (χ3v) is 7.69. The lowest BCUT2D eigenvalue weighted by atomic mass is 9.98. The Hall–Kier alpha value is -2.96. The Kier molecular flexibility index (Phi) is 9.53. The van der Waals surface area contributed by atoms with Crippen LogP contribution in [0.3, 0.4) is 0 Å². The maximum atomic E-state index is 12.7. The molecule has 2 N–H and O–H groups in total. The lowest BCUT2D eigenvalue weighted by Gasteiger charge is -2.26. The van der Waals surface area contributed by atoms with Gasteiger partial charge in [-0.3, -0.25) is 19.1 Å². The Morgan fingerprint density at radius 1 is 1.24 bits per heavy atom. The number of ether oxygens (including phenoxy) is 2. The average molecular weight is 530 g/mol. The van der Waals surface area contributed by atoms with Crippen molar-refractivity contribution in [2.45, 2.75) is 69.9 Å². The molecule has 1 aromatic heterocycles. The van der Waals surface area contributed by atoms with E-state index in [1.165, 1.54) is 23.3 Å². The van der Waals surface area contributed by atoms with E-state index in [4.69, 9.17) is 24.9 Å². The summed E-state index contributed by atoms with van der Waals surface area (Å²) < 4.78 is 25.1. The van der Waals surface area contributed by atoms with E-state index in [0.29, 0.717) is 12.2 Å².